The van der Waals surface area contributed by atoms with E-state index in [1.807, 2.05) is 78.9 Å². The summed E-state index contributed by atoms with van der Waals surface area (Å²) in [6.45, 7) is 1.74. The lowest BCUT2D eigenvalue weighted by Crippen LogP contribution is -2.54. The van der Waals surface area contributed by atoms with Crippen LogP contribution in [0.1, 0.15) is 40.7 Å². The molecule has 0 heterocycles. The number of Topliss-reactive ketones (excluding diaryl/α,β-unsaturated/α-hetero) is 2. The topological polar surface area (TPSA) is 54.4 Å². The minimum atomic E-state index is -1.58. The van der Waals surface area contributed by atoms with Gasteiger partial charge in [-0.3, -0.25) is 9.59 Å². The average molecular weight is 384 g/mol. The fraction of sp³-hybridized carbons (Fsp3) is 0.231. The fourth-order valence-corrected chi connectivity index (χ4v) is 4.64. The van der Waals surface area contributed by atoms with Crippen molar-refractivity contribution in [2.45, 2.75) is 24.9 Å². The molecule has 0 bridgehead atoms. The normalized spacial score (nSPS) is 26.8. The van der Waals surface area contributed by atoms with Crippen LogP contribution in [-0.2, 0) is 10.4 Å². The molecule has 0 spiro atoms. The SMILES string of the molecule is C[C@@H]1C(=O)C[C@@H](c2ccccc2)[C@H](C(=O)c2ccccc2)[C@@]1(O)c1ccccc1. The molecular weight excluding hydrogens is 360 g/mol. The second-order valence-corrected chi connectivity index (χ2v) is 7.81. The van der Waals surface area contributed by atoms with Gasteiger partial charge in [0.2, 0.25) is 0 Å². The van der Waals surface area contributed by atoms with Gasteiger partial charge < -0.3 is 5.11 Å². The van der Waals surface area contributed by atoms with Gasteiger partial charge in [-0.15, -0.1) is 0 Å². The first kappa shape index (κ1) is 19.3. The Bertz CT molecular complexity index is 998. The van der Waals surface area contributed by atoms with Crippen LogP contribution in [0.15, 0.2) is 91.0 Å². The standard InChI is InChI=1S/C26H24O3/c1-18-23(27)17-22(19-11-5-2-6-12-19)24(25(28)20-13-7-3-8-14-20)26(18,29)21-15-9-4-10-16-21/h2-16,18,22,24,29H,17H2,1H3/t18-,22+,24-,26+/m1/s1. The Hall–Kier alpha value is -3.04. The van der Waals surface area contributed by atoms with E-state index in [0.717, 1.165) is 5.56 Å². The first-order valence-electron chi connectivity index (χ1n) is 9.98. The molecule has 4 rings (SSSR count). The van der Waals surface area contributed by atoms with Gasteiger partial charge in [-0.25, -0.2) is 0 Å². The molecule has 1 saturated carbocycles. The minimum Gasteiger partial charge on any atom is -0.384 e. The largest absolute Gasteiger partial charge is 0.384 e. The van der Waals surface area contributed by atoms with Gasteiger partial charge in [-0.2, -0.15) is 0 Å². The number of carbonyl (C=O) groups excluding carboxylic acids is 2. The van der Waals surface area contributed by atoms with Crippen LogP contribution >= 0.6 is 0 Å². The zero-order chi connectivity index (χ0) is 20.4. The van der Waals surface area contributed by atoms with Crippen molar-refractivity contribution < 1.29 is 14.7 Å². The molecule has 29 heavy (non-hydrogen) atoms. The summed E-state index contributed by atoms with van der Waals surface area (Å²) >= 11 is 0. The number of carbonyl (C=O) groups is 2. The van der Waals surface area contributed by atoms with Crippen LogP contribution < -0.4 is 0 Å². The Balaban J connectivity index is 1.92. The first-order valence-corrected chi connectivity index (χ1v) is 9.98. The molecule has 1 N–H and O–H groups in total. The van der Waals surface area contributed by atoms with Crippen LogP contribution in [-0.4, -0.2) is 16.7 Å². The van der Waals surface area contributed by atoms with E-state index in [1.165, 1.54) is 0 Å². The van der Waals surface area contributed by atoms with Gasteiger partial charge in [0.1, 0.15) is 11.4 Å². The van der Waals surface area contributed by atoms with Crippen LogP contribution in [0.4, 0.5) is 0 Å². The summed E-state index contributed by atoms with van der Waals surface area (Å²) in [5.74, 6) is -1.99. The molecule has 3 aromatic rings. The van der Waals surface area contributed by atoms with E-state index in [4.69, 9.17) is 0 Å². The quantitative estimate of drug-likeness (QED) is 0.660. The highest BCUT2D eigenvalue weighted by Crippen LogP contribution is 2.51. The Morgan fingerprint density at radius 3 is 1.97 bits per heavy atom. The highest BCUT2D eigenvalue weighted by atomic mass is 16.3. The number of rotatable bonds is 4. The smallest absolute Gasteiger partial charge is 0.169 e. The molecule has 1 aliphatic rings. The number of ketones is 2. The van der Waals surface area contributed by atoms with Crippen molar-refractivity contribution in [3.8, 4) is 0 Å². The lowest BCUT2D eigenvalue weighted by molar-refractivity contribution is -0.146. The van der Waals surface area contributed by atoms with Crippen LogP contribution in [0.5, 0.6) is 0 Å². The minimum absolute atomic E-state index is 0.0256. The Kier molecular flexibility index (Phi) is 5.16. The number of hydrogen-bond donors (Lipinski definition) is 1. The van der Waals surface area contributed by atoms with Crippen molar-refractivity contribution >= 4 is 11.6 Å². The predicted octanol–water partition coefficient (Wildman–Crippen LogP) is 4.77. The zero-order valence-electron chi connectivity index (χ0n) is 16.4. The van der Waals surface area contributed by atoms with Crippen LogP contribution in [0.25, 0.3) is 0 Å². The summed E-state index contributed by atoms with van der Waals surface area (Å²) in [6, 6.07) is 27.8. The molecule has 0 radical (unpaired) electrons. The highest BCUT2D eigenvalue weighted by Gasteiger charge is 2.56. The van der Waals surface area contributed by atoms with E-state index < -0.39 is 23.4 Å². The molecular formula is C26H24O3. The maximum atomic E-state index is 13.8. The number of aliphatic hydroxyl groups is 1. The highest BCUT2D eigenvalue weighted by molar-refractivity contribution is 6.01. The summed E-state index contributed by atoms with van der Waals surface area (Å²) in [4.78, 5) is 26.8. The van der Waals surface area contributed by atoms with Crippen molar-refractivity contribution in [3.63, 3.8) is 0 Å². The summed E-state index contributed by atoms with van der Waals surface area (Å²) in [7, 11) is 0. The van der Waals surface area contributed by atoms with Gasteiger partial charge in [-0.1, -0.05) is 97.9 Å². The first-order chi connectivity index (χ1) is 14.0. The van der Waals surface area contributed by atoms with Gasteiger partial charge >= 0.3 is 0 Å². The lowest BCUT2D eigenvalue weighted by atomic mass is 9.57. The second kappa shape index (κ2) is 7.76. The van der Waals surface area contributed by atoms with Gasteiger partial charge in [0.25, 0.3) is 0 Å². The van der Waals surface area contributed by atoms with Crippen molar-refractivity contribution in [1.82, 2.24) is 0 Å². The third-order valence-electron chi connectivity index (χ3n) is 6.25. The van der Waals surface area contributed by atoms with Gasteiger partial charge in [0, 0.05) is 23.8 Å². The van der Waals surface area contributed by atoms with Crippen LogP contribution in [0.2, 0.25) is 0 Å². The third kappa shape index (κ3) is 3.32. The molecule has 1 aliphatic carbocycles. The lowest BCUT2D eigenvalue weighted by Gasteiger charge is -2.47. The molecule has 3 heteroatoms. The molecule has 146 valence electrons. The molecule has 0 aliphatic heterocycles. The maximum Gasteiger partial charge on any atom is 0.169 e. The Labute approximate surface area is 171 Å². The van der Waals surface area contributed by atoms with E-state index in [9.17, 15) is 14.7 Å². The zero-order valence-corrected chi connectivity index (χ0v) is 16.4. The van der Waals surface area contributed by atoms with Crippen molar-refractivity contribution in [2.24, 2.45) is 11.8 Å². The summed E-state index contributed by atoms with van der Waals surface area (Å²) in [5, 5.41) is 12.1. The van der Waals surface area contributed by atoms with Crippen LogP contribution in [0.3, 0.4) is 0 Å². The Morgan fingerprint density at radius 2 is 1.38 bits per heavy atom. The van der Waals surface area contributed by atoms with Crippen molar-refractivity contribution in [3.05, 3.63) is 108 Å². The van der Waals surface area contributed by atoms with Gasteiger partial charge in [0.05, 0.1) is 5.92 Å². The van der Waals surface area contributed by atoms with E-state index in [2.05, 4.69) is 0 Å². The molecule has 3 nitrogen and oxygen atoms in total. The Morgan fingerprint density at radius 1 is 0.862 bits per heavy atom. The van der Waals surface area contributed by atoms with Crippen molar-refractivity contribution in [2.75, 3.05) is 0 Å². The summed E-state index contributed by atoms with van der Waals surface area (Å²) in [5.41, 5.74) is 0.478. The summed E-state index contributed by atoms with van der Waals surface area (Å²) < 4.78 is 0. The van der Waals surface area contributed by atoms with Crippen molar-refractivity contribution in [1.29, 1.82) is 0 Å². The molecule has 0 unspecified atom stereocenters. The third-order valence-corrected chi connectivity index (χ3v) is 6.25. The van der Waals surface area contributed by atoms with Crippen LogP contribution in [0, 0.1) is 11.8 Å². The number of hydrogen-bond acceptors (Lipinski definition) is 3. The monoisotopic (exact) mass is 384 g/mol. The second-order valence-electron chi connectivity index (χ2n) is 7.81. The van der Waals surface area contributed by atoms with E-state index >= 15 is 0 Å². The van der Waals surface area contributed by atoms with E-state index in [0.29, 0.717) is 11.1 Å². The molecule has 0 amide bonds. The average Bonchev–Trinajstić information content (AvgIpc) is 2.78. The maximum absolute atomic E-state index is 13.8. The summed E-state index contributed by atoms with van der Waals surface area (Å²) in [6.07, 6.45) is 0.240. The molecule has 1 fully saturated rings. The molecule has 4 atom stereocenters. The fourth-order valence-electron chi connectivity index (χ4n) is 4.64. The predicted molar refractivity (Wildman–Crippen MR) is 113 cm³/mol. The van der Waals surface area contributed by atoms with E-state index in [1.54, 1.807) is 19.1 Å². The molecule has 0 saturated heterocycles. The van der Waals surface area contributed by atoms with Gasteiger partial charge in [-0.05, 0) is 11.1 Å². The molecule has 3 aromatic carbocycles. The molecule has 0 aromatic heterocycles. The number of benzene rings is 3. The van der Waals surface area contributed by atoms with E-state index in [-0.39, 0.29) is 18.0 Å². The van der Waals surface area contributed by atoms with Gasteiger partial charge in [0.15, 0.2) is 5.78 Å².